The molecule has 1 atom stereocenters. The van der Waals surface area contributed by atoms with Gasteiger partial charge in [0.15, 0.2) is 5.11 Å². The fourth-order valence-corrected chi connectivity index (χ4v) is 4.87. The summed E-state index contributed by atoms with van der Waals surface area (Å²) in [5, 5.41) is 6.51. The molecule has 4 aromatic carbocycles. The van der Waals surface area contributed by atoms with Gasteiger partial charge in [0, 0.05) is 22.0 Å². The fourth-order valence-electron chi connectivity index (χ4n) is 3.67. The number of anilines is 4. The van der Waals surface area contributed by atoms with Crippen LogP contribution in [-0.2, 0) is 4.79 Å². The standard InChI is InChI=1S/C29H27N3O2S2/c1-21(28(33)32(23-13-5-3-6-14-23)24-15-7-4-8-16-24)36-25-17-11-12-22(20-25)30-29(35)31-26-18-9-10-19-27(26)34-2/h3-21H,1-2H3,(H2,30,31,35). The predicted molar refractivity (Wildman–Crippen MR) is 155 cm³/mol. The number of amides is 1. The Hall–Kier alpha value is -3.81. The Balaban J connectivity index is 1.46. The Bertz CT molecular complexity index is 1280. The molecule has 2 N–H and O–H groups in total. The largest absolute Gasteiger partial charge is 0.495 e. The van der Waals surface area contributed by atoms with E-state index in [-0.39, 0.29) is 11.2 Å². The maximum absolute atomic E-state index is 13.6. The molecule has 5 nitrogen and oxygen atoms in total. The third kappa shape index (κ3) is 6.44. The van der Waals surface area contributed by atoms with Gasteiger partial charge in [-0.15, -0.1) is 11.8 Å². The molecule has 0 aliphatic heterocycles. The van der Waals surface area contributed by atoms with E-state index in [1.54, 1.807) is 12.0 Å². The molecule has 0 aromatic heterocycles. The summed E-state index contributed by atoms with van der Waals surface area (Å²) in [6, 6.07) is 34.9. The molecular weight excluding hydrogens is 486 g/mol. The van der Waals surface area contributed by atoms with Crippen molar-refractivity contribution in [2.45, 2.75) is 17.1 Å². The third-order valence-electron chi connectivity index (χ3n) is 5.36. The van der Waals surface area contributed by atoms with Gasteiger partial charge in [0.2, 0.25) is 5.91 Å². The minimum absolute atomic E-state index is 0.00382. The van der Waals surface area contributed by atoms with Crippen LogP contribution >= 0.6 is 24.0 Å². The molecule has 0 aliphatic carbocycles. The number of carbonyl (C=O) groups excluding carboxylic acids is 1. The zero-order valence-corrected chi connectivity index (χ0v) is 21.7. The molecule has 0 spiro atoms. The van der Waals surface area contributed by atoms with E-state index in [0.717, 1.165) is 27.6 Å². The van der Waals surface area contributed by atoms with Gasteiger partial charge < -0.3 is 15.4 Å². The van der Waals surface area contributed by atoms with E-state index < -0.39 is 0 Å². The van der Waals surface area contributed by atoms with E-state index in [4.69, 9.17) is 17.0 Å². The number of nitrogens with zero attached hydrogens (tertiary/aromatic N) is 1. The van der Waals surface area contributed by atoms with E-state index in [1.165, 1.54) is 11.8 Å². The highest BCUT2D eigenvalue weighted by atomic mass is 32.2. The highest BCUT2D eigenvalue weighted by Gasteiger charge is 2.24. The molecule has 7 heteroatoms. The van der Waals surface area contributed by atoms with Crippen LogP contribution in [0.4, 0.5) is 22.7 Å². The first-order valence-electron chi connectivity index (χ1n) is 11.5. The average molecular weight is 514 g/mol. The Morgan fingerprint density at radius 1 is 0.833 bits per heavy atom. The summed E-state index contributed by atoms with van der Waals surface area (Å²) in [6.45, 7) is 1.93. The highest BCUT2D eigenvalue weighted by molar-refractivity contribution is 8.00. The molecule has 0 saturated carbocycles. The second-order valence-electron chi connectivity index (χ2n) is 7.91. The minimum Gasteiger partial charge on any atom is -0.495 e. The first kappa shape index (κ1) is 25.3. The topological polar surface area (TPSA) is 53.6 Å². The van der Waals surface area contributed by atoms with E-state index in [1.807, 2.05) is 116 Å². The Morgan fingerprint density at radius 3 is 2.08 bits per heavy atom. The second kappa shape index (κ2) is 12.2. The number of para-hydroxylation sites is 4. The van der Waals surface area contributed by atoms with Crippen molar-refractivity contribution in [3.63, 3.8) is 0 Å². The van der Waals surface area contributed by atoms with E-state index in [0.29, 0.717) is 10.9 Å². The van der Waals surface area contributed by atoms with Crippen molar-refractivity contribution in [1.82, 2.24) is 0 Å². The predicted octanol–water partition coefficient (Wildman–Crippen LogP) is 7.35. The molecule has 4 aromatic rings. The monoisotopic (exact) mass is 513 g/mol. The quantitative estimate of drug-likeness (QED) is 0.190. The second-order valence-corrected chi connectivity index (χ2v) is 9.73. The first-order valence-corrected chi connectivity index (χ1v) is 12.8. The van der Waals surface area contributed by atoms with Crippen LogP contribution in [0.2, 0.25) is 0 Å². The maximum Gasteiger partial charge on any atom is 0.244 e. The molecule has 0 heterocycles. The molecule has 4 rings (SSSR count). The molecule has 36 heavy (non-hydrogen) atoms. The van der Waals surface area contributed by atoms with Gasteiger partial charge >= 0.3 is 0 Å². The molecular formula is C29H27N3O2S2. The molecule has 1 amide bonds. The Morgan fingerprint density at radius 2 is 1.44 bits per heavy atom. The fraction of sp³-hybridized carbons (Fsp3) is 0.103. The lowest BCUT2D eigenvalue weighted by atomic mass is 10.2. The zero-order chi connectivity index (χ0) is 25.3. The number of ether oxygens (including phenoxy) is 1. The molecule has 0 aliphatic rings. The van der Waals surface area contributed by atoms with Gasteiger partial charge in [-0.2, -0.15) is 0 Å². The van der Waals surface area contributed by atoms with Crippen LogP contribution in [0.3, 0.4) is 0 Å². The van der Waals surface area contributed by atoms with Crippen LogP contribution in [0.1, 0.15) is 6.92 Å². The highest BCUT2D eigenvalue weighted by Crippen LogP contribution is 2.32. The Kier molecular flexibility index (Phi) is 8.60. The van der Waals surface area contributed by atoms with Crippen molar-refractivity contribution in [1.29, 1.82) is 0 Å². The van der Waals surface area contributed by atoms with Crippen molar-refractivity contribution in [2.24, 2.45) is 0 Å². The van der Waals surface area contributed by atoms with Gasteiger partial charge in [0.1, 0.15) is 5.75 Å². The van der Waals surface area contributed by atoms with Crippen LogP contribution in [0.5, 0.6) is 5.75 Å². The van der Waals surface area contributed by atoms with E-state index in [9.17, 15) is 4.79 Å². The van der Waals surface area contributed by atoms with Crippen LogP contribution in [-0.4, -0.2) is 23.4 Å². The molecule has 182 valence electrons. The van der Waals surface area contributed by atoms with Crippen LogP contribution in [0, 0.1) is 0 Å². The van der Waals surface area contributed by atoms with Gasteiger partial charge in [0.05, 0.1) is 18.0 Å². The van der Waals surface area contributed by atoms with E-state index >= 15 is 0 Å². The third-order valence-corrected chi connectivity index (χ3v) is 6.64. The number of thiocarbonyl (C=S) groups is 1. The van der Waals surface area contributed by atoms with Crippen molar-refractivity contribution >= 4 is 57.7 Å². The summed E-state index contributed by atoms with van der Waals surface area (Å²) in [6.07, 6.45) is 0. The summed E-state index contributed by atoms with van der Waals surface area (Å²) in [4.78, 5) is 16.4. The number of hydrogen-bond acceptors (Lipinski definition) is 4. The summed E-state index contributed by atoms with van der Waals surface area (Å²) < 4.78 is 5.38. The Labute approximate surface area is 221 Å². The summed E-state index contributed by atoms with van der Waals surface area (Å²) in [7, 11) is 1.62. The summed E-state index contributed by atoms with van der Waals surface area (Å²) in [5.74, 6) is 0.712. The zero-order valence-electron chi connectivity index (χ0n) is 20.0. The first-order chi connectivity index (χ1) is 17.5. The van der Waals surface area contributed by atoms with Gasteiger partial charge in [-0.25, -0.2) is 0 Å². The maximum atomic E-state index is 13.6. The van der Waals surface area contributed by atoms with Crippen molar-refractivity contribution in [3.8, 4) is 5.75 Å². The minimum atomic E-state index is -0.320. The normalized spacial score (nSPS) is 11.3. The van der Waals surface area contributed by atoms with Gasteiger partial charge in [-0.1, -0.05) is 54.6 Å². The molecule has 0 saturated heterocycles. The van der Waals surface area contributed by atoms with Crippen molar-refractivity contribution < 1.29 is 9.53 Å². The number of nitrogens with one attached hydrogen (secondary N) is 2. The molecule has 0 bridgehead atoms. The summed E-state index contributed by atoms with van der Waals surface area (Å²) in [5.41, 5.74) is 3.29. The lowest BCUT2D eigenvalue weighted by molar-refractivity contribution is -0.117. The van der Waals surface area contributed by atoms with Crippen molar-refractivity contribution in [2.75, 3.05) is 22.6 Å². The number of carbonyl (C=O) groups is 1. The molecule has 0 radical (unpaired) electrons. The number of hydrogen-bond donors (Lipinski definition) is 2. The average Bonchev–Trinajstić information content (AvgIpc) is 2.90. The van der Waals surface area contributed by atoms with Gasteiger partial charge in [-0.05, 0) is 73.7 Å². The molecule has 0 fully saturated rings. The van der Waals surface area contributed by atoms with Crippen LogP contribution in [0.15, 0.2) is 114 Å². The van der Waals surface area contributed by atoms with Crippen LogP contribution < -0.4 is 20.3 Å². The van der Waals surface area contributed by atoms with Gasteiger partial charge in [-0.3, -0.25) is 9.69 Å². The number of benzene rings is 4. The number of rotatable bonds is 8. The van der Waals surface area contributed by atoms with Crippen LogP contribution in [0.25, 0.3) is 0 Å². The SMILES string of the molecule is COc1ccccc1NC(=S)Nc1cccc(SC(C)C(=O)N(c2ccccc2)c2ccccc2)c1. The van der Waals surface area contributed by atoms with Crippen molar-refractivity contribution in [3.05, 3.63) is 109 Å². The number of methoxy groups -OCH3 is 1. The number of thioether (sulfide) groups is 1. The van der Waals surface area contributed by atoms with E-state index in [2.05, 4.69) is 10.6 Å². The summed E-state index contributed by atoms with van der Waals surface area (Å²) >= 11 is 7.00. The van der Waals surface area contributed by atoms with Gasteiger partial charge in [0.25, 0.3) is 0 Å². The smallest absolute Gasteiger partial charge is 0.244 e. The lowest BCUT2D eigenvalue weighted by Gasteiger charge is -2.26. The lowest BCUT2D eigenvalue weighted by Crippen LogP contribution is -2.32. The molecule has 1 unspecified atom stereocenters.